The Labute approximate surface area is 117 Å². The van der Waals surface area contributed by atoms with Crippen LogP contribution in [0, 0.1) is 0 Å². The third-order valence-corrected chi connectivity index (χ3v) is 8.11. The first kappa shape index (κ1) is 18.4. The second-order valence-corrected chi connectivity index (χ2v) is 11.1. The average Bonchev–Trinajstić information content (AvgIpc) is 2.22. The Morgan fingerprint density at radius 3 is 2.32 bits per heavy atom. The molecular formula is C13H29NO4Si. The van der Waals surface area contributed by atoms with Crippen LogP contribution < -0.4 is 5.73 Å². The van der Waals surface area contributed by atoms with Crippen LogP contribution in [0.2, 0.25) is 18.1 Å². The number of hydrogen-bond donors (Lipinski definition) is 1. The van der Waals surface area contributed by atoms with Crippen molar-refractivity contribution in [1.82, 2.24) is 0 Å². The van der Waals surface area contributed by atoms with Crippen LogP contribution in [0.4, 0.5) is 4.79 Å². The van der Waals surface area contributed by atoms with Gasteiger partial charge in [0.25, 0.3) is 0 Å². The molecule has 0 spiro atoms. The first-order chi connectivity index (χ1) is 8.60. The predicted octanol–water partition coefficient (Wildman–Crippen LogP) is 2.90. The molecule has 0 aliphatic heterocycles. The van der Waals surface area contributed by atoms with E-state index in [1.165, 1.54) is 0 Å². The molecule has 0 aromatic rings. The van der Waals surface area contributed by atoms with Gasteiger partial charge in [0.2, 0.25) is 0 Å². The Morgan fingerprint density at radius 2 is 1.89 bits per heavy atom. The lowest BCUT2D eigenvalue weighted by molar-refractivity contribution is 0.0362. The van der Waals surface area contributed by atoms with Gasteiger partial charge in [0.1, 0.15) is 6.10 Å². The van der Waals surface area contributed by atoms with E-state index in [4.69, 9.17) is 19.6 Å². The third-order valence-electron chi connectivity index (χ3n) is 3.57. The van der Waals surface area contributed by atoms with Crippen molar-refractivity contribution in [2.24, 2.45) is 5.73 Å². The molecule has 1 atom stereocenters. The number of amides is 1. The molecule has 114 valence electrons. The standard InChI is InChI=1S/C13H29NO4Si/c1-13(2,3)19(5,6)17-9-7-8-11(10-16-4)18-12(14)15/h11H,7-10H2,1-6H3,(H2,14,15). The fourth-order valence-corrected chi connectivity index (χ4v) is 2.47. The summed E-state index contributed by atoms with van der Waals surface area (Å²) in [6.07, 6.45) is 0.483. The van der Waals surface area contributed by atoms with Crippen molar-refractivity contribution in [3.8, 4) is 0 Å². The SMILES string of the molecule is COCC(CCCO[Si](C)(C)C(C)(C)C)OC(N)=O. The third kappa shape index (κ3) is 7.54. The fourth-order valence-electron chi connectivity index (χ4n) is 1.38. The van der Waals surface area contributed by atoms with Crippen molar-refractivity contribution in [2.75, 3.05) is 20.3 Å². The zero-order valence-electron chi connectivity index (χ0n) is 13.1. The Bertz CT molecular complexity index is 276. The molecule has 0 aromatic heterocycles. The van der Waals surface area contributed by atoms with Crippen LogP contribution in [0.3, 0.4) is 0 Å². The molecule has 2 N–H and O–H groups in total. The summed E-state index contributed by atoms with van der Waals surface area (Å²) in [5, 5.41) is 0.211. The van der Waals surface area contributed by atoms with Gasteiger partial charge < -0.3 is 19.6 Å². The van der Waals surface area contributed by atoms with Gasteiger partial charge in [-0.1, -0.05) is 20.8 Å². The number of carbonyl (C=O) groups excluding carboxylic acids is 1. The van der Waals surface area contributed by atoms with Crippen molar-refractivity contribution >= 4 is 14.4 Å². The molecule has 0 fully saturated rings. The molecule has 0 saturated heterocycles. The van der Waals surface area contributed by atoms with Gasteiger partial charge in [-0.2, -0.15) is 0 Å². The fraction of sp³-hybridized carbons (Fsp3) is 0.923. The maximum absolute atomic E-state index is 10.7. The van der Waals surface area contributed by atoms with E-state index >= 15 is 0 Å². The van der Waals surface area contributed by atoms with Gasteiger partial charge >= 0.3 is 6.09 Å². The quantitative estimate of drug-likeness (QED) is 0.551. The summed E-state index contributed by atoms with van der Waals surface area (Å²) >= 11 is 0. The highest BCUT2D eigenvalue weighted by Crippen LogP contribution is 2.36. The summed E-state index contributed by atoms with van der Waals surface area (Å²) in [6, 6.07) is 0. The van der Waals surface area contributed by atoms with E-state index < -0.39 is 14.4 Å². The van der Waals surface area contributed by atoms with E-state index in [1.807, 2.05) is 0 Å². The maximum atomic E-state index is 10.7. The summed E-state index contributed by atoms with van der Waals surface area (Å²) in [7, 11) is -0.118. The van der Waals surface area contributed by atoms with Crippen molar-refractivity contribution in [3.63, 3.8) is 0 Å². The van der Waals surface area contributed by atoms with Gasteiger partial charge in [0, 0.05) is 13.7 Å². The summed E-state index contributed by atoms with van der Waals surface area (Å²) < 4.78 is 16.0. The second kappa shape index (κ2) is 7.87. The molecule has 0 aliphatic carbocycles. The minimum Gasteiger partial charge on any atom is -0.444 e. The Kier molecular flexibility index (Phi) is 7.62. The van der Waals surface area contributed by atoms with Crippen LogP contribution in [0.15, 0.2) is 0 Å². The van der Waals surface area contributed by atoms with E-state index in [-0.39, 0.29) is 11.1 Å². The molecule has 0 aliphatic rings. The number of hydrogen-bond acceptors (Lipinski definition) is 4. The van der Waals surface area contributed by atoms with E-state index in [9.17, 15) is 4.79 Å². The first-order valence-electron chi connectivity index (χ1n) is 6.69. The van der Waals surface area contributed by atoms with E-state index in [0.717, 1.165) is 6.42 Å². The molecule has 0 radical (unpaired) electrons. The van der Waals surface area contributed by atoms with Crippen molar-refractivity contribution in [1.29, 1.82) is 0 Å². The number of rotatable bonds is 8. The summed E-state index contributed by atoms with van der Waals surface area (Å²) in [4.78, 5) is 10.7. The predicted molar refractivity (Wildman–Crippen MR) is 78.7 cm³/mol. The molecule has 5 nitrogen and oxygen atoms in total. The molecular weight excluding hydrogens is 262 g/mol. The number of nitrogens with two attached hydrogens (primary N) is 1. The minimum atomic E-state index is -1.69. The summed E-state index contributed by atoms with van der Waals surface area (Å²) in [6.45, 7) is 12.1. The Balaban J connectivity index is 4.03. The Hall–Kier alpha value is -0.593. The number of carbonyl (C=O) groups is 1. The highest BCUT2D eigenvalue weighted by Gasteiger charge is 2.36. The smallest absolute Gasteiger partial charge is 0.404 e. The first-order valence-corrected chi connectivity index (χ1v) is 9.60. The van der Waals surface area contributed by atoms with Crippen molar-refractivity contribution < 1.29 is 18.7 Å². The molecule has 0 saturated carbocycles. The molecule has 19 heavy (non-hydrogen) atoms. The van der Waals surface area contributed by atoms with Crippen molar-refractivity contribution in [3.05, 3.63) is 0 Å². The topological polar surface area (TPSA) is 70.8 Å². The molecule has 6 heteroatoms. The normalized spacial score (nSPS) is 14.2. The van der Waals surface area contributed by atoms with E-state index in [1.54, 1.807) is 7.11 Å². The molecule has 0 aromatic carbocycles. The van der Waals surface area contributed by atoms with Crippen LogP contribution in [0.25, 0.3) is 0 Å². The average molecular weight is 291 g/mol. The highest BCUT2D eigenvalue weighted by molar-refractivity contribution is 6.74. The zero-order valence-corrected chi connectivity index (χ0v) is 14.1. The molecule has 0 rings (SSSR count). The van der Waals surface area contributed by atoms with Crippen LogP contribution in [-0.2, 0) is 13.9 Å². The lowest BCUT2D eigenvalue weighted by Crippen LogP contribution is -2.41. The van der Waals surface area contributed by atoms with Crippen molar-refractivity contribution in [2.45, 2.75) is 57.8 Å². The second-order valence-electron chi connectivity index (χ2n) is 6.27. The van der Waals surface area contributed by atoms with Crippen LogP contribution in [0.5, 0.6) is 0 Å². The van der Waals surface area contributed by atoms with Gasteiger partial charge in [-0.3, -0.25) is 0 Å². The number of ether oxygens (including phenoxy) is 2. The minimum absolute atomic E-state index is 0.211. The van der Waals surface area contributed by atoms with Gasteiger partial charge in [-0.25, -0.2) is 4.79 Å². The monoisotopic (exact) mass is 291 g/mol. The molecule has 1 unspecified atom stereocenters. The van der Waals surface area contributed by atoms with Gasteiger partial charge in [-0.05, 0) is 31.0 Å². The molecule has 0 heterocycles. The summed E-state index contributed by atoms with van der Waals surface area (Å²) in [5.41, 5.74) is 5.01. The van der Waals surface area contributed by atoms with Gasteiger partial charge in [-0.15, -0.1) is 0 Å². The molecule has 1 amide bonds. The van der Waals surface area contributed by atoms with E-state index in [2.05, 4.69) is 33.9 Å². The maximum Gasteiger partial charge on any atom is 0.404 e. The zero-order chi connectivity index (χ0) is 15.1. The summed E-state index contributed by atoms with van der Waals surface area (Å²) in [5.74, 6) is 0. The van der Waals surface area contributed by atoms with Gasteiger partial charge in [0.05, 0.1) is 6.61 Å². The lowest BCUT2D eigenvalue weighted by atomic mass is 10.2. The van der Waals surface area contributed by atoms with Crippen LogP contribution in [-0.4, -0.2) is 40.8 Å². The largest absolute Gasteiger partial charge is 0.444 e. The Morgan fingerprint density at radius 1 is 1.32 bits per heavy atom. The number of primary amides is 1. The van der Waals surface area contributed by atoms with Crippen LogP contribution in [0.1, 0.15) is 33.6 Å². The lowest BCUT2D eigenvalue weighted by Gasteiger charge is -2.36. The number of methoxy groups -OCH3 is 1. The van der Waals surface area contributed by atoms with Gasteiger partial charge in [0.15, 0.2) is 8.32 Å². The van der Waals surface area contributed by atoms with Crippen LogP contribution >= 0.6 is 0 Å². The molecule has 0 bridgehead atoms. The van der Waals surface area contributed by atoms with E-state index in [0.29, 0.717) is 19.6 Å². The highest BCUT2D eigenvalue weighted by atomic mass is 28.4.